The molecule has 1 amide bonds. The molecule has 3 aromatic heterocycles. The molecule has 0 bridgehead atoms. The molecule has 0 radical (unpaired) electrons. The summed E-state index contributed by atoms with van der Waals surface area (Å²) >= 11 is 0. The minimum atomic E-state index is -4.54. The molecular weight excluding hydrogens is 457 g/mol. The molecule has 7 nitrogen and oxygen atoms in total. The van der Waals surface area contributed by atoms with Crippen LogP contribution in [0.1, 0.15) is 5.56 Å². The number of alkyl halides is 3. The number of carbonyl (C=O) groups excluding carboxylic acids is 1. The van der Waals surface area contributed by atoms with Crippen LogP contribution in [0, 0.1) is 0 Å². The standard InChI is InChI=1S/C25H21F3N6O/c26-25(27,28)17-33(18-35)23-10-2-1-9-22(23)32-24-19(6-3-13-31-24)16-34(20-7-4-11-29-14-20)21-8-5-12-30-15-21/h1-15,18H,16-17H2,(H,31,32). The number of benzene rings is 1. The van der Waals surface area contributed by atoms with Crippen molar-refractivity contribution in [1.29, 1.82) is 0 Å². The summed E-state index contributed by atoms with van der Waals surface area (Å²) in [6.45, 7) is -1.03. The highest BCUT2D eigenvalue weighted by Gasteiger charge is 2.31. The molecule has 0 atom stereocenters. The molecular formula is C25H21F3N6O. The normalized spacial score (nSPS) is 11.1. The predicted molar refractivity (Wildman–Crippen MR) is 128 cm³/mol. The number of aromatic nitrogens is 3. The monoisotopic (exact) mass is 478 g/mol. The third-order valence-corrected chi connectivity index (χ3v) is 5.08. The topological polar surface area (TPSA) is 74.2 Å². The Hall–Kier alpha value is -4.47. The Morgan fingerprint density at radius 3 is 2.11 bits per heavy atom. The molecule has 4 aromatic rings. The second-order valence-electron chi connectivity index (χ2n) is 7.51. The van der Waals surface area contributed by atoms with Gasteiger partial charge in [-0.05, 0) is 42.5 Å². The highest BCUT2D eigenvalue weighted by molar-refractivity contribution is 5.85. The number of nitrogens with one attached hydrogen (secondary N) is 1. The SMILES string of the molecule is O=CN(CC(F)(F)F)c1ccccc1Nc1ncccc1CN(c1cccnc1)c1cccnc1. The van der Waals surface area contributed by atoms with Crippen LogP contribution in [-0.4, -0.2) is 34.1 Å². The van der Waals surface area contributed by atoms with Gasteiger partial charge in [-0.1, -0.05) is 18.2 Å². The summed E-state index contributed by atoms with van der Waals surface area (Å²) in [7, 11) is 0. The number of para-hydroxylation sites is 2. The van der Waals surface area contributed by atoms with E-state index < -0.39 is 12.7 Å². The van der Waals surface area contributed by atoms with E-state index in [1.54, 1.807) is 55.2 Å². The van der Waals surface area contributed by atoms with Crippen molar-refractivity contribution in [2.45, 2.75) is 12.7 Å². The van der Waals surface area contributed by atoms with Gasteiger partial charge >= 0.3 is 6.18 Å². The summed E-state index contributed by atoms with van der Waals surface area (Å²) in [5, 5.41) is 3.11. The minimum absolute atomic E-state index is 0.0906. The molecule has 0 fully saturated rings. The van der Waals surface area contributed by atoms with Crippen molar-refractivity contribution in [2.75, 3.05) is 21.7 Å². The van der Waals surface area contributed by atoms with Gasteiger partial charge in [0, 0.05) is 24.2 Å². The zero-order valence-electron chi connectivity index (χ0n) is 18.4. The molecule has 1 N–H and O–H groups in total. The maximum Gasteiger partial charge on any atom is 0.406 e. The third-order valence-electron chi connectivity index (χ3n) is 5.08. The molecule has 4 rings (SSSR count). The lowest BCUT2D eigenvalue weighted by molar-refractivity contribution is -0.126. The highest BCUT2D eigenvalue weighted by Crippen LogP contribution is 2.32. The van der Waals surface area contributed by atoms with Gasteiger partial charge in [-0.2, -0.15) is 13.2 Å². The summed E-state index contributed by atoms with van der Waals surface area (Å²) in [6, 6.07) is 17.4. The zero-order valence-corrected chi connectivity index (χ0v) is 18.4. The molecule has 10 heteroatoms. The summed E-state index contributed by atoms with van der Waals surface area (Å²) in [5.41, 5.74) is 2.83. The number of pyridine rings is 3. The van der Waals surface area contributed by atoms with Gasteiger partial charge in [0.1, 0.15) is 12.4 Å². The molecule has 0 aliphatic carbocycles. The van der Waals surface area contributed by atoms with Crippen molar-refractivity contribution in [1.82, 2.24) is 15.0 Å². The van der Waals surface area contributed by atoms with E-state index in [0.717, 1.165) is 16.9 Å². The third kappa shape index (κ3) is 6.11. The molecule has 0 saturated heterocycles. The van der Waals surface area contributed by atoms with Crippen LogP contribution >= 0.6 is 0 Å². The van der Waals surface area contributed by atoms with Crippen LogP contribution in [0.15, 0.2) is 91.6 Å². The number of amides is 1. The lowest BCUT2D eigenvalue weighted by atomic mass is 10.2. The van der Waals surface area contributed by atoms with Crippen molar-refractivity contribution in [3.05, 3.63) is 97.2 Å². The quantitative estimate of drug-likeness (QED) is 0.321. The number of rotatable bonds is 9. The van der Waals surface area contributed by atoms with Gasteiger partial charge in [-0.25, -0.2) is 4.98 Å². The Morgan fingerprint density at radius 1 is 0.857 bits per heavy atom. The van der Waals surface area contributed by atoms with Gasteiger partial charge in [0.15, 0.2) is 0 Å². The second kappa shape index (κ2) is 10.6. The van der Waals surface area contributed by atoms with E-state index in [9.17, 15) is 18.0 Å². The Balaban J connectivity index is 1.67. The van der Waals surface area contributed by atoms with Crippen LogP contribution in [0.2, 0.25) is 0 Å². The van der Waals surface area contributed by atoms with Crippen LogP contribution in [0.5, 0.6) is 0 Å². The van der Waals surface area contributed by atoms with Crippen LogP contribution in [-0.2, 0) is 11.3 Å². The summed E-state index contributed by atoms with van der Waals surface area (Å²) < 4.78 is 39.1. The Labute approximate surface area is 199 Å². The van der Waals surface area contributed by atoms with Gasteiger partial charge in [0.2, 0.25) is 6.41 Å². The maximum atomic E-state index is 13.0. The van der Waals surface area contributed by atoms with Gasteiger partial charge in [-0.15, -0.1) is 0 Å². The summed E-state index contributed by atoms with van der Waals surface area (Å²) in [6.07, 6.45) is 4.02. The van der Waals surface area contributed by atoms with Gasteiger partial charge in [-0.3, -0.25) is 14.8 Å². The lowest BCUT2D eigenvalue weighted by Crippen LogP contribution is -2.33. The second-order valence-corrected chi connectivity index (χ2v) is 7.51. The molecule has 1 aromatic carbocycles. The van der Waals surface area contributed by atoms with E-state index in [2.05, 4.69) is 20.3 Å². The Morgan fingerprint density at radius 2 is 1.51 bits per heavy atom. The number of carbonyl (C=O) groups is 1. The highest BCUT2D eigenvalue weighted by atomic mass is 19.4. The van der Waals surface area contributed by atoms with Crippen molar-refractivity contribution in [2.24, 2.45) is 0 Å². The molecule has 35 heavy (non-hydrogen) atoms. The molecule has 0 aliphatic heterocycles. The van der Waals surface area contributed by atoms with E-state index in [-0.39, 0.29) is 12.1 Å². The van der Waals surface area contributed by atoms with Crippen LogP contribution in [0.4, 0.5) is 41.7 Å². The molecule has 0 unspecified atom stereocenters. The van der Waals surface area contributed by atoms with Gasteiger partial charge in [0.25, 0.3) is 0 Å². The fourth-order valence-electron chi connectivity index (χ4n) is 3.54. The minimum Gasteiger partial charge on any atom is -0.338 e. The first-order valence-corrected chi connectivity index (χ1v) is 10.6. The van der Waals surface area contributed by atoms with E-state index in [0.29, 0.717) is 22.9 Å². The molecule has 178 valence electrons. The van der Waals surface area contributed by atoms with E-state index in [1.165, 1.54) is 6.07 Å². The first kappa shape index (κ1) is 23.7. The Kier molecular flexibility index (Phi) is 7.20. The average molecular weight is 478 g/mol. The number of hydrogen-bond donors (Lipinski definition) is 1. The van der Waals surface area contributed by atoms with Crippen molar-refractivity contribution < 1.29 is 18.0 Å². The predicted octanol–water partition coefficient (Wildman–Crippen LogP) is 5.48. The van der Waals surface area contributed by atoms with Crippen molar-refractivity contribution in [3.8, 4) is 0 Å². The molecule has 0 aliphatic rings. The van der Waals surface area contributed by atoms with Gasteiger partial charge < -0.3 is 15.1 Å². The molecule has 0 spiro atoms. The molecule has 0 saturated carbocycles. The number of halogens is 3. The van der Waals surface area contributed by atoms with E-state index in [4.69, 9.17) is 0 Å². The fraction of sp³-hybridized carbons (Fsp3) is 0.120. The fourth-order valence-corrected chi connectivity index (χ4v) is 3.54. The van der Waals surface area contributed by atoms with Crippen LogP contribution in [0.3, 0.4) is 0 Å². The smallest absolute Gasteiger partial charge is 0.338 e. The van der Waals surface area contributed by atoms with Crippen molar-refractivity contribution >= 4 is 35.0 Å². The van der Waals surface area contributed by atoms with Crippen LogP contribution < -0.4 is 15.1 Å². The summed E-state index contributed by atoms with van der Waals surface area (Å²) in [4.78, 5) is 26.9. The van der Waals surface area contributed by atoms with Crippen molar-refractivity contribution in [3.63, 3.8) is 0 Å². The van der Waals surface area contributed by atoms with E-state index >= 15 is 0 Å². The lowest BCUT2D eigenvalue weighted by Gasteiger charge is -2.26. The zero-order chi connectivity index (χ0) is 24.7. The Bertz CT molecular complexity index is 1220. The number of nitrogens with zero attached hydrogens (tertiary/aromatic N) is 5. The number of anilines is 5. The molecule has 3 heterocycles. The maximum absolute atomic E-state index is 13.0. The first-order valence-electron chi connectivity index (χ1n) is 10.6. The van der Waals surface area contributed by atoms with Crippen LogP contribution in [0.25, 0.3) is 0 Å². The van der Waals surface area contributed by atoms with E-state index in [1.807, 2.05) is 35.2 Å². The van der Waals surface area contributed by atoms with Gasteiger partial charge in [0.05, 0.1) is 41.7 Å². The summed E-state index contributed by atoms with van der Waals surface area (Å²) in [5.74, 6) is 0.440. The largest absolute Gasteiger partial charge is 0.406 e. The number of hydrogen-bond acceptors (Lipinski definition) is 6. The average Bonchev–Trinajstić information content (AvgIpc) is 2.87. The first-order chi connectivity index (χ1) is 16.9.